The minimum atomic E-state index is 0.484. The molecule has 0 spiro atoms. The summed E-state index contributed by atoms with van der Waals surface area (Å²) in [6.45, 7) is 0. The third kappa shape index (κ3) is 2.12. The highest BCUT2D eigenvalue weighted by Crippen LogP contribution is 2.36. The Hall–Kier alpha value is -1.78. The third-order valence-electron chi connectivity index (χ3n) is 2.39. The van der Waals surface area contributed by atoms with Gasteiger partial charge in [0, 0.05) is 24.2 Å². The monoisotopic (exact) mass is 273 g/mol. The van der Waals surface area contributed by atoms with Crippen LogP contribution >= 0.6 is 22.9 Å². The third-order valence-corrected chi connectivity index (χ3v) is 3.90. The first-order valence-electron chi connectivity index (χ1n) is 5.33. The Morgan fingerprint density at radius 3 is 2.72 bits per heavy atom. The lowest BCUT2D eigenvalue weighted by atomic mass is 10.3. The van der Waals surface area contributed by atoms with E-state index in [4.69, 9.17) is 11.6 Å². The second-order valence-corrected chi connectivity index (χ2v) is 4.95. The highest BCUT2D eigenvalue weighted by atomic mass is 35.5. The fourth-order valence-electron chi connectivity index (χ4n) is 1.57. The Kier molecular flexibility index (Phi) is 3.04. The van der Waals surface area contributed by atoms with E-state index in [9.17, 15) is 0 Å². The van der Waals surface area contributed by atoms with Crippen molar-refractivity contribution in [2.45, 2.75) is 0 Å². The quantitative estimate of drug-likeness (QED) is 0.710. The zero-order chi connectivity index (χ0) is 12.4. The number of aromatic nitrogens is 3. The van der Waals surface area contributed by atoms with E-state index in [1.165, 1.54) is 11.3 Å². The number of rotatable bonds is 2. The SMILES string of the molecule is Clc1nc(-c2cccnc2)sc1-c1ccccn1. The summed E-state index contributed by atoms with van der Waals surface area (Å²) in [5, 5.41) is 1.34. The van der Waals surface area contributed by atoms with Crippen molar-refractivity contribution in [3.63, 3.8) is 0 Å². The smallest absolute Gasteiger partial charge is 0.150 e. The minimum Gasteiger partial charge on any atom is -0.264 e. The zero-order valence-electron chi connectivity index (χ0n) is 9.25. The van der Waals surface area contributed by atoms with E-state index in [1.54, 1.807) is 18.6 Å². The van der Waals surface area contributed by atoms with Gasteiger partial charge in [-0.2, -0.15) is 0 Å². The molecule has 88 valence electrons. The Bertz CT molecular complexity index is 653. The molecule has 0 aliphatic carbocycles. The van der Waals surface area contributed by atoms with Crippen LogP contribution in [0.2, 0.25) is 5.15 Å². The summed E-state index contributed by atoms with van der Waals surface area (Å²) in [5.41, 5.74) is 1.81. The summed E-state index contributed by atoms with van der Waals surface area (Å²) < 4.78 is 0. The van der Waals surface area contributed by atoms with E-state index in [0.29, 0.717) is 5.15 Å². The Labute approximate surface area is 113 Å². The summed E-state index contributed by atoms with van der Waals surface area (Å²) in [6.07, 6.45) is 5.25. The lowest BCUT2D eigenvalue weighted by Gasteiger charge is -1.94. The first-order valence-corrected chi connectivity index (χ1v) is 6.52. The molecule has 3 aromatic heterocycles. The van der Waals surface area contributed by atoms with Crippen LogP contribution in [0, 0.1) is 0 Å². The van der Waals surface area contributed by atoms with Gasteiger partial charge in [-0.1, -0.05) is 17.7 Å². The number of nitrogens with zero attached hydrogens (tertiary/aromatic N) is 3. The fraction of sp³-hybridized carbons (Fsp3) is 0. The molecule has 3 aromatic rings. The number of pyridine rings is 2. The molecule has 0 bridgehead atoms. The topological polar surface area (TPSA) is 38.7 Å². The fourth-order valence-corrected chi connectivity index (χ4v) is 2.84. The van der Waals surface area contributed by atoms with Gasteiger partial charge in [-0.15, -0.1) is 11.3 Å². The van der Waals surface area contributed by atoms with Crippen LogP contribution in [0.3, 0.4) is 0 Å². The maximum atomic E-state index is 6.17. The first-order chi connectivity index (χ1) is 8.84. The molecular weight excluding hydrogens is 266 g/mol. The number of halogens is 1. The average Bonchev–Trinajstić information content (AvgIpc) is 2.83. The number of thiazole rings is 1. The van der Waals surface area contributed by atoms with Gasteiger partial charge in [-0.25, -0.2) is 4.98 Å². The molecule has 0 amide bonds. The zero-order valence-corrected chi connectivity index (χ0v) is 10.8. The molecule has 0 aromatic carbocycles. The molecule has 0 N–H and O–H groups in total. The molecule has 3 rings (SSSR count). The lowest BCUT2D eigenvalue weighted by Crippen LogP contribution is -1.78. The molecule has 18 heavy (non-hydrogen) atoms. The van der Waals surface area contributed by atoms with Gasteiger partial charge in [-0.05, 0) is 24.3 Å². The van der Waals surface area contributed by atoms with Crippen LogP contribution in [0.4, 0.5) is 0 Å². The van der Waals surface area contributed by atoms with Crippen LogP contribution in [0.5, 0.6) is 0 Å². The van der Waals surface area contributed by atoms with Crippen LogP contribution < -0.4 is 0 Å². The van der Waals surface area contributed by atoms with E-state index in [1.807, 2.05) is 30.3 Å². The van der Waals surface area contributed by atoms with Crippen molar-refractivity contribution in [2.75, 3.05) is 0 Å². The van der Waals surface area contributed by atoms with Gasteiger partial charge < -0.3 is 0 Å². The Morgan fingerprint density at radius 1 is 1.06 bits per heavy atom. The van der Waals surface area contributed by atoms with Crippen molar-refractivity contribution in [3.8, 4) is 21.1 Å². The van der Waals surface area contributed by atoms with Gasteiger partial charge in [0.05, 0.1) is 10.6 Å². The predicted molar refractivity (Wildman–Crippen MR) is 73.6 cm³/mol. The molecule has 0 atom stereocenters. The van der Waals surface area contributed by atoms with Crippen LogP contribution in [0.25, 0.3) is 21.1 Å². The van der Waals surface area contributed by atoms with Crippen molar-refractivity contribution in [1.82, 2.24) is 15.0 Å². The summed E-state index contributed by atoms with van der Waals surface area (Å²) in [5.74, 6) is 0. The van der Waals surface area contributed by atoms with Crippen LogP contribution in [-0.2, 0) is 0 Å². The van der Waals surface area contributed by atoms with E-state index >= 15 is 0 Å². The molecule has 3 nitrogen and oxygen atoms in total. The first kappa shape index (κ1) is 11.3. The Balaban J connectivity index is 2.07. The molecule has 0 radical (unpaired) electrons. The molecule has 5 heteroatoms. The van der Waals surface area contributed by atoms with Gasteiger partial charge in [0.15, 0.2) is 0 Å². The largest absolute Gasteiger partial charge is 0.264 e. The van der Waals surface area contributed by atoms with Gasteiger partial charge in [0.1, 0.15) is 10.2 Å². The maximum absolute atomic E-state index is 6.17. The van der Waals surface area contributed by atoms with Crippen LogP contribution in [-0.4, -0.2) is 15.0 Å². The van der Waals surface area contributed by atoms with E-state index in [0.717, 1.165) is 21.1 Å². The number of hydrogen-bond acceptors (Lipinski definition) is 4. The van der Waals surface area contributed by atoms with Gasteiger partial charge in [0.25, 0.3) is 0 Å². The highest BCUT2D eigenvalue weighted by Gasteiger charge is 2.13. The highest BCUT2D eigenvalue weighted by molar-refractivity contribution is 7.19. The number of hydrogen-bond donors (Lipinski definition) is 0. The van der Waals surface area contributed by atoms with Crippen molar-refractivity contribution in [1.29, 1.82) is 0 Å². The van der Waals surface area contributed by atoms with Crippen molar-refractivity contribution in [2.24, 2.45) is 0 Å². The molecular formula is C13H8ClN3S. The second kappa shape index (κ2) is 4.84. The predicted octanol–water partition coefficient (Wildman–Crippen LogP) is 3.92. The summed E-state index contributed by atoms with van der Waals surface area (Å²) in [6, 6.07) is 9.57. The summed E-state index contributed by atoms with van der Waals surface area (Å²) >= 11 is 7.69. The molecule has 0 aliphatic rings. The van der Waals surface area contributed by atoms with Gasteiger partial charge in [-0.3, -0.25) is 9.97 Å². The van der Waals surface area contributed by atoms with E-state index < -0.39 is 0 Å². The Morgan fingerprint density at radius 2 is 2.00 bits per heavy atom. The van der Waals surface area contributed by atoms with Crippen molar-refractivity contribution >= 4 is 22.9 Å². The average molecular weight is 274 g/mol. The minimum absolute atomic E-state index is 0.484. The summed E-state index contributed by atoms with van der Waals surface area (Å²) in [7, 11) is 0. The van der Waals surface area contributed by atoms with E-state index in [-0.39, 0.29) is 0 Å². The molecule has 3 heterocycles. The molecule has 0 unspecified atom stereocenters. The van der Waals surface area contributed by atoms with Crippen molar-refractivity contribution < 1.29 is 0 Å². The normalized spacial score (nSPS) is 10.5. The van der Waals surface area contributed by atoms with Crippen LogP contribution in [0.1, 0.15) is 0 Å². The van der Waals surface area contributed by atoms with Crippen molar-refractivity contribution in [3.05, 3.63) is 54.1 Å². The summed E-state index contributed by atoms with van der Waals surface area (Å²) in [4.78, 5) is 13.6. The molecule has 0 aliphatic heterocycles. The van der Waals surface area contributed by atoms with Gasteiger partial charge in [0.2, 0.25) is 0 Å². The van der Waals surface area contributed by atoms with E-state index in [2.05, 4.69) is 15.0 Å². The van der Waals surface area contributed by atoms with Gasteiger partial charge >= 0.3 is 0 Å². The standard InChI is InChI=1S/C13H8ClN3S/c14-12-11(10-5-1-2-7-16-10)18-13(17-12)9-4-3-6-15-8-9/h1-8H. The second-order valence-electron chi connectivity index (χ2n) is 3.60. The molecule has 0 saturated carbocycles. The molecule has 0 fully saturated rings. The lowest BCUT2D eigenvalue weighted by molar-refractivity contribution is 1.31. The molecule has 0 saturated heterocycles. The van der Waals surface area contributed by atoms with Crippen LogP contribution in [0.15, 0.2) is 48.9 Å². The maximum Gasteiger partial charge on any atom is 0.150 e.